The van der Waals surface area contributed by atoms with Gasteiger partial charge in [0.25, 0.3) is 0 Å². The predicted molar refractivity (Wildman–Crippen MR) is 311 cm³/mol. The Hall–Kier alpha value is -4.58. The summed E-state index contributed by atoms with van der Waals surface area (Å²) in [6, 6.07) is 8.53. The Morgan fingerprint density at radius 1 is 0.835 bits per heavy atom. The van der Waals surface area contributed by atoms with Gasteiger partial charge in [-0.25, -0.2) is 22.5 Å². The number of benzene rings is 2. The van der Waals surface area contributed by atoms with E-state index in [1.807, 2.05) is 28.9 Å². The van der Waals surface area contributed by atoms with Crippen molar-refractivity contribution in [2.75, 3.05) is 117 Å². The van der Waals surface area contributed by atoms with Gasteiger partial charge in [-0.05, 0) is 55.0 Å². The van der Waals surface area contributed by atoms with Crippen molar-refractivity contribution in [3.63, 3.8) is 0 Å². The molecule has 3 unspecified atom stereocenters. The van der Waals surface area contributed by atoms with Crippen LogP contribution in [0.25, 0.3) is 11.0 Å². The summed E-state index contributed by atoms with van der Waals surface area (Å²) in [6.07, 6.45) is 12.2. The lowest BCUT2D eigenvalue weighted by Gasteiger charge is -2.14. The van der Waals surface area contributed by atoms with E-state index in [9.17, 15) is 22.5 Å². The van der Waals surface area contributed by atoms with Crippen LogP contribution in [0.2, 0.25) is 10.3 Å². The van der Waals surface area contributed by atoms with Gasteiger partial charge in [-0.2, -0.15) is 15.1 Å². The third kappa shape index (κ3) is 35.1. The van der Waals surface area contributed by atoms with Crippen LogP contribution < -0.4 is 15.8 Å². The van der Waals surface area contributed by atoms with Crippen LogP contribution in [-0.4, -0.2) is 180 Å². The second-order valence-electron chi connectivity index (χ2n) is 18.3. The van der Waals surface area contributed by atoms with E-state index in [1.165, 1.54) is 19.3 Å². The molecule has 3 atom stereocenters. The molecule has 6 N–H and O–H groups in total. The Labute approximate surface area is 503 Å². The fraction of sp³-hybridized carbons (Fsp3) is 0.604. The molecule has 1 aliphatic heterocycles. The maximum Gasteiger partial charge on any atom is 0.313 e. The molecular weight excluding hydrogens is 1210 g/mol. The number of halogens is 5. The lowest BCUT2D eigenvalue weighted by atomic mass is 10.2. The largest absolute Gasteiger partial charge is 0.420 e. The summed E-state index contributed by atoms with van der Waals surface area (Å²) >= 11 is 12.2. The fourth-order valence-electron chi connectivity index (χ4n) is 6.84. The molecule has 2 aromatic carbocycles. The second-order valence-corrected chi connectivity index (χ2v) is 23.1. The van der Waals surface area contributed by atoms with Crippen LogP contribution in [0.5, 0.6) is 5.75 Å². The number of anilines is 1. The summed E-state index contributed by atoms with van der Waals surface area (Å²) < 4.78 is 108. The molecule has 2 aliphatic rings. The highest BCUT2D eigenvalue weighted by atomic mass is 35.5. The first-order valence-corrected chi connectivity index (χ1v) is 31.9. The summed E-state index contributed by atoms with van der Waals surface area (Å²) in [6.45, 7) is 13.0. The molecule has 3 aromatic heterocycles. The van der Waals surface area contributed by atoms with Gasteiger partial charge in [-0.3, -0.25) is 14.2 Å². The zero-order chi connectivity index (χ0) is 62.1. The smallest absolute Gasteiger partial charge is 0.313 e. The lowest BCUT2D eigenvalue weighted by Crippen LogP contribution is -2.15. The SMILES string of the molecule is C1CC1.CCC1CCC(n2ncc3c(NCc4cccc(Cl)c4)nc(Cl)nc32)O1.CCCOCCOCCOCCOCc1cn(CCOCCOCCOCCOCCC(=O)Oc2c(F)cc(F)cc2F)nn1.CP(=O)(O)CP(O)O.NC=O. The molecule has 1 aliphatic carbocycles. The minimum Gasteiger partial charge on any atom is -0.420 e. The van der Waals surface area contributed by atoms with Crippen LogP contribution in [-0.2, 0) is 76.5 Å². The zero-order valence-corrected chi connectivity index (χ0v) is 51.4. The van der Waals surface area contributed by atoms with Gasteiger partial charge in [0.1, 0.15) is 17.3 Å². The molecule has 85 heavy (non-hydrogen) atoms. The molecule has 7 rings (SSSR count). The Morgan fingerprint density at radius 2 is 1.40 bits per heavy atom. The number of nitrogens with one attached hydrogen (secondary N) is 1. The quantitative estimate of drug-likeness (QED) is 0.00633. The number of fused-ring (bicyclic) bond motifs is 1. The molecular formula is C53H80Cl2F3N9O16P2. The van der Waals surface area contributed by atoms with Gasteiger partial charge in [0.2, 0.25) is 24.8 Å². The molecule has 0 bridgehead atoms. The minimum absolute atomic E-state index is 0.0350. The Kier molecular flexibility index (Phi) is 39.4. The molecule has 478 valence electrons. The van der Waals surface area contributed by atoms with Crippen molar-refractivity contribution in [1.29, 1.82) is 0 Å². The topological polar surface area (TPSA) is 317 Å². The number of nitrogens with zero attached hydrogens (tertiary/aromatic N) is 7. The second kappa shape index (κ2) is 44.8. The van der Waals surface area contributed by atoms with Crippen LogP contribution in [0.1, 0.15) is 82.7 Å². The Morgan fingerprint density at radius 3 is 1.92 bits per heavy atom. The number of hydrogen-bond acceptors (Lipinski definition) is 21. The Balaban J connectivity index is 0.000000390. The predicted octanol–water partition coefficient (Wildman–Crippen LogP) is 7.98. The molecule has 32 heteroatoms. The highest BCUT2D eigenvalue weighted by Crippen LogP contribution is 2.46. The van der Waals surface area contributed by atoms with Crippen molar-refractivity contribution in [2.45, 2.75) is 97.2 Å². The number of aromatic nitrogens is 7. The molecule has 4 heterocycles. The molecule has 1 amide bonds. The van der Waals surface area contributed by atoms with Gasteiger partial charge in [0.15, 0.2) is 31.9 Å². The zero-order valence-electron chi connectivity index (χ0n) is 48.1. The number of rotatable bonds is 36. The number of amides is 1. The maximum atomic E-state index is 13.5. The standard InChI is InChI=1S/C29H44F3N3O10.C18H19Cl2N5O.C3H6.C2H8O4P2.CH3NO/c1-2-5-37-8-11-40-16-17-43-18-19-44-23-25-22-35(34-33-25)4-7-39-10-13-42-15-14-41-12-9-38-6-3-28(36)45-29-26(31)20-24(30)21-27(29)32;1-2-13-6-7-15(26-13)25-17-14(10-22-25)16(23-18(20)24-17)21-9-11-4-3-5-12(19)8-11;1-2-3-1;1-8(5,6)2-7(3)4;2-1-3/h20-22H,2-19,23H2,1H3;3-5,8,10,13,15H,2,6-7,9H2,1H3,(H,21,23,24);1-3H2;3-4H,2H2,1H3,(H,5,6);1H,(H2,2,3). The van der Waals surface area contributed by atoms with Crippen molar-refractivity contribution in [1.82, 2.24) is 34.7 Å². The van der Waals surface area contributed by atoms with Crippen molar-refractivity contribution in [2.24, 2.45) is 5.73 Å². The van der Waals surface area contributed by atoms with E-state index in [1.54, 1.807) is 17.1 Å². The van der Waals surface area contributed by atoms with Gasteiger partial charge < -0.3 is 73.1 Å². The van der Waals surface area contributed by atoms with Crippen LogP contribution in [0.15, 0.2) is 48.8 Å². The van der Waals surface area contributed by atoms with Gasteiger partial charge in [-0.15, -0.1) is 5.10 Å². The van der Waals surface area contributed by atoms with Gasteiger partial charge >= 0.3 is 5.97 Å². The van der Waals surface area contributed by atoms with E-state index in [0.29, 0.717) is 121 Å². The third-order valence-corrected chi connectivity index (χ3v) is 14.4. The average Bonchev–Trinajstić information content (AvgIpc) is 2.54. The summed E-state index contributed by atoms with van der Waals surface area (Å²) in [4.78, 5) is 53.7. The number of hydrogen-bond donors (Lipinski definition) is 5. The van der Waals surface area contributed by atoms with E-state index >= 15 is 0 Å². The highest BCUT2D eigenvalue weighted by molar-refractivity contribution is 7.69. The summed E-state index contributed by atoms with van der Waals surface area (Å²) in [5.41, 5.74) is 6.62. The summed E-state index contributed by atoms with van der Waals surface area (Å²) in [7, 11) is -5.39. The van der Waals surface area contributed by atoms with E-state index < -0.39 is 44.9 Å². The molecule has 0 radical (unpaired) electrons. The van der Waals surface area contributed by atoms with Crippen molar-refractivity contribution in [3.8, 4) is 5.75 Å². The van der Waals surface area contributed by atoms with Crippen LogP contribution in [0.3, 0.4) is 0 Å². The van der Waals surface area contributed by atoms with Crippen LogP contribution in [0.4, 0.5) is 19.0 Å². The maximum absolute atomic E-state index is 13.5. The number of nitrogens with two attached hydrogens (primary N) is 1. The number of ether oxygens (including phenoxy) is 10. The fourth-order valence-corrected chi connectivity index (χ4v) is 9.10. The molecule has 1 saturated carbocycles. The minimum atomic E-state index is -3.19. The number of primary amides is 1. The Bertz CT molecular complexity index is 2640. The molecule has 1 saturated heterocycles. The first-order chi connectivity index (χ1) is 41.0. The van der Waals surface area contributed by atoms with E-state index in [2.05, 4.69) is 55.0 Å². The number of carbonyl (C=O) groups excluding carboxylic acids is 2. The van der Waals surface area contributed by atoms with Gasteiger partial charge in [-0.1, -0.05) is 62.1 Å². The molecule has 0 spiro atoms. The van der Waals surface area contributed by atoms with Crippen molar-refractivity contribution < 1.29 is 89.4 Å². The van der Waals surface area contributed by atoms with Crippen LogP contribution >= 0.6 is 38.9 Å². The normalized spacial score (nSPS) is 14.9. The van der Waals surface area contributed by atoms with Crippen LogP contribution in [0, 0.1) is 17.5 Å². The highest BCUT2D eigenvalue weighted by Gasteiger charge is 2.28. The number of esters is 1. The monoisotopic (exact) mass is 1290 g/mol. The van der Waals surface area contributed by atoms with Gasteiger partial charge in [0, 0.05) is 37.0 Å². The van der Waals surface area contributed by atoms with Gasteiger partial charge in [0.05, 0.1) is 142 Å². The number of carbonyl (C=O) groups is 2. The molecule has 5 aromatic rings. The van der Waals surface area contributed by atoms with Crippen molar-refractivity contribution in [3.05, 3.63) is 87.8 Å². The molecule has 2 fully saturated rings. The molecule has 25 nitrogen and oxygen atoms in total. The third-order valence-electron chi connectivity index (χ3n) is 10.8. The lowest BCUT2D eigenvalue weighted by molar-refractivity contribution is -0.136. The van der Waals surface area contributed by atoms with E-state index in [-0.39, 0.29) is 56.2 Å². The summed E-state index contributed by atoms with van der Waals surface area (Å²) in [5, 5.41) is 17.6. The van der Waals surface area contributed by atoms with E-state index in [0.717, 1.165) is 55.6 Å². The first-order valence-electron chi connectivity index (χ1n) is 27.5. The van der Waals surface area contributed by atoms with Crippen molar-refractivity contribution >= 4 is 68.2 Å². The first kappa shape index (κ1) is 74.7. The van der Waals surface area contributed by atoms with E-state index in [4.69, 9.17) is 85.3 Å². The summed E-state index contributed by atoms with van der Waals surface area (Å²) in [5.74, 6) is -5.30. The average molecular weight is 1290 g/mol.